The predicted octanol–water partition coefficient (Wildman–Crippen LogP) is 4.51. The van der Waals surface area contributed by atoms with Gasteiger partial charge in [-0.15, -0.1) is 0 Å². The first-order valence-corrected chi connectivity index (χ1v) is 14.9. The zero-order chi connectivity index (χ0) is 28.4. The summed E-state index contributed by atoms with van der Waals surface area (Å²) in [5, 5.41) is 3.54. The van der Waals surface area contributed by atoms with Crippen LogP contribution in [0.1, 0.15) is 64.1 Å². The minimum Gasteiger partial charge on any atom is -0.488 e. The van der Waals surface area contributed by atoms with Crippen LogP contribution in [0.4, 0.5) is 11.6 Å². The highest BCUT2D eigenvalue weighted by Crippen LogP contribution is 2.33. The molecule has 0 amide bonds. The maximum atomic E-state index is 12.7. The molecule has 3 heterocycles. The summed E-state index contributed by atoms with van der Waals surface area (Å²) >= 11 is 0. The van der Waals surface area contributed by atoms with Gasteiger partial charge in [0.05, 0.1) is 30.8 Å². The second kappa shape index (κ2) is 11.8. The molecule has 0 radical (unpaired) electrons. The minimum atomic E-state index is -0.482. The van der Waals surface area contributed by atoms with Gasteiger partial charge in [-0.1, -0.05) is 0 Å². The van der Waals surface area contributed by atoms with Crippen LogP contribution in [0.15, 0.2) is 30.7 Å². The van der Waals surface area contributed by atoms with Gasteiger partial charge in [0.15, 0.2) is 0 Å². The monoisotopic (exact) mass is 560 g/mol. The lowest BCUT2D eigenvalue weighted by atomic mass is 9.87. The van der Waals surface area contributed by atoms with E-state index in [0.29, 0.717) is 12.4 Å². The number of anilines is 2. The molecule has 1 unspecified atom stereocenters. The van der Waals surface area contributed by atoms with E-state index in [4.69, 9.17) is 19.2 Å². The Kier molecular flexibility index (Phi) is 7.92. The number of carbonyl (C=O) groups excluding carboxylic acids is 1. The van der Waals surface area contributed by atoms with Gasteiger partial charge < -0.3 is 24.4 Å². The first-order chi connectivity index (χ1) is 19.8. The standard InChI is InChI=1S/C31H40N6O4/c1-31(2,3)41-29(38)20-4-5-21-19-34-30(36-25(21)16-20)35-22-6-8-24(9-7-22)40-27-18-23(37-12-14-39-15-13-37)17-26-28(27)33-11-10-32-26/h10-11,17-20,22,24H,4-9,12-16H2,1-3H3,(H,34,35,36). The fourth-order valence-corrected chi connectivity index (χ4v) is 5.96. The molecule has 41 heavy (non-hydrogen) atoms. The molecule has 2 aromatic heterocycles. The molecule has 2 fully saturated rings. The molecule has 218 valence electrons. The number of ether oxygens (including phenoxy) is 3. The van der Waals surface area contributed by atoms with Gasteiger partial charge in [-0.2, -0.15) is 0 Å². The number of morpholine rings is 1. The third kappa shape index (κ3) is 6.69. The summed E-state index contributed by atoms with van der Waals surface area (Å²) in [5.41, 5.74) is 4.35. The van der Waals surface area contributed by atoms with Crippen molar-refractivity contribution in [1.82, 2.24) is 19.9 Å². The van der Waals surface area contributed by atoms with Gasteiger partial charge >= 0.3 is 5.97 Å². The third-order valence-electron chi connectivity index (χ3n) is 8.10. The van der Waals surface area contributed by atoms with E-state index in [1.807, 2.05) is 27.0 Å². The number of esters is 1. The second-order valence-corrected chi connectivity index (χ2v) is 12.3. The van der Waals surface area contributed by atoms with Crippen LogP contribution in [0.5, 0.6) is 5.75 Å². The molecule has 1 aliphatic heterocycles. The number of carbonyl (C=O) groups is 1. The van der Waals surface area contributed by atoms with Gasteiger partial charge in [0, 0.05) is 61.6 Å². The topological polar surface area (TPSA) is 112 Å². The van der Waals surface area contributed by atoms with Crippen LogP contribution in [0.25, 0.3) is 11.0 Å². The van der Waals surface area contributed by atoms with Crippen LogP contribution in [-0.2, 0) is 27.1 Å². The summed E-state index contributed by atoms with van der Waals surface area (Å²) in [7, 11) is 0. The van der Waals surface area contributed by atoms with Crippen LogP contribution in [-0.4, -0.2) is 70.0 Å². The largest absolute Gasteiger partial charge is 0.488 e. The summed E-state index contributed by atoms with van der Waals surface area (Å²) in [6.45, 7) is 8.89. The zero-order valence-electron chi connectivity index (χ0n) is 24.3. The summed E-state index contributed by atoms with van der Waals surface area (Å²) in [6, 6.07) is 4.47. The number of hydrogen-bond donors (Lipinski definition) is 1. The number of benzene rings is 1. The van der Waals surface area contributed by atoms with Crippen LogP contribution in [0.2, 0.25) is 0 Å². The van der Waals surface area contributed by atoms with E-state index in [0.717, 1.165) is 98.6 Å². The molecule has 10 nitrogen and oxygen atoms in total. The molecule has 3 aromatic rings. The predicted molar refractivity (Wildman–Crippen MR) is 156 cm³/mol. The fourth-order valence-electron chi connectivity index (χ4n) is 5.96. The maximum absolute atomic E-state index is 12.7. The molecule has 6 rings (SSSR count). The summed E-state index contributed by atoms with van der Waals surface area (Å²) in [5.74, 6) is 1.15. The highest BCUT2D eigenvalue weighted by molar-refractivity contribution is 5.85. The van der Waals surface area contributed by atoms with E-state index >= 15 is 0 Å². The Morgan fingerprint density at radius 2 is 1.80 bits per heavy atom. The molecule has 1 N–H and O–H groups in total. The van der Waals surface area contributed by atoms with Crippen LogP contribution in [0.3, 0.4) is 0 Å². The Hall–Kier alpha value is -3.53. The van der Waals surface area contributed by atoms with Crippen molar-refractivity contribution in [2.75, 3.05) is 36.5 Å². The van der Waals surface area contributed by atoms with Gasteiger partial charge in [0.2, 0.25) is 5.95 Å². The van der Waals surface area contributed by atoms with Crippen molar-refractivity contribution in [3.8, 4) is 5.75 Å². The van der Waals surface area contributed by atoms with Gasteiger partial charge in [0.25, 0.3) is 0 Å². The van der Waals surface area contributed by atoms with Crippen molar-refractivity contribution in [2.45, 2.75) is 83.5 Å². The highest BCUT2D eigenvalue weighted by Gasteiger charge is 2.31. The molecule has 2 aliphatic carbocycles. The number of aryl methyl sites for hydroxylation is 1. The van der Waals surface area contributed by atoms with Crippen LogP contribution >= 0.6 is 0 Å². The smallest absolute Gasteiger partial charge is 0.309 e. The molecular weight excluding hydrogens is 520 g/mol. The first-order valence-electron chi connectivity index (χ1n) is 14.9. The van der Waals surface area contributed by atoms with Gasteiger partial charge in [-0.25, -0.2) is 15.0 Å². The van der Waals surface area contributed by atoms with E-state index in [2.05, 4.69) is 37.3 Å². The molecule has 3 aliphatic rings. The molecule has 10 heteroatoms. The van der Waals surface area contributed by atoms with E-state index < -0.39 is 5.60 Å². The molecule has 1 aromatic carbocycles. The summed E-state index contributed by atoms with van der Waals surface area (Å²) in [4.78, 5) is 33.5. The van der Waals surface area contributed by atoms with Gasteiger partial charge in [-0.05, 0) is 70.9 Å². The van der Waals surface area contributed by atoms with Crippen LogP contribution < -0.4 is 15.0 Å². The van der Waals surface area contributed by atoms with E-state index in [1.54, 1.807) is 12.4 Å². The second-order valence-electron chi connectivity index (χ2n) is 12.3. The van der Waals surface area contributed by atoms with E-state index in [9.17, 15) is 4.79 Å². The minimum absolute atomic E-state index is 0.109. The lowest BCUT2D eigenvalue weighted by molar-refractivity contribution is -0.160. The summed E-state index contributed by atoms with van der Waals surface area (Å²) in [6.07, 6.45) is 11.4. The van der Waals surface area contributed by atoms with Crippen molar-refractivity contribution in [2.24, 2.45) is 5.92 Å². The molecule has 1 saturated heterocycles. The molecule has 0 bridgehead atoms. The quantitative estimate of drug-likeness (QED) is 0.432. The lowest BCUT2D eigenvalue weighted by Crippen LogP contribution is -2.36. The van der Waals surface area contributed by atoms with Crippen molar-refractivity contribution in [3.63, 3.8) is 0 Å². The number of hydrogen-bond acceptors (Lipinski definition) is 10. The Balaban J connectivity index is 1.07. The number of aromatic nitrogens is 4. The Morgan fingerprint density at radius 3 is 2.59 bits per heavy atom. The SMILES string of the molecule is CC(C)(C)OC(=O)C1CCc2cnc(NC3CCC(Oc4cc(N5CCOCC5)cc5nccnc45)CC3)nc2C1. The fraction of sp³-hybridized carbons (Fsp3) is 0.581. The Bertz CT molecular complexity index is 1380. The Labute approximate surface area is 241 Å². The highest BCUT2D eigenvalue weighted by atomic mass is 16.6. The Morgan fingerprint density at radius 1 is 1.02 bits per heavy atom. The average Bonchev–Trinajstić information content (AvgIpc) is 2.97. The molecule has 1 atom stereocenters. The van der Waals surface area contributed by atoms with Crippen molar-refractivity contribution < 1.29 is 19.0 Å². The molecular formula is C31H40N6O4. The van der Waals surface area contributed by atoms with Crippen molar-refractivity contribution in [3.05, 3.63) is 42.0 Å². The third-order valence-corrected chi connectivity index (χ3v) is 8.10. The summed E-state index contributed by atoms with van der Waals surface area (Å²) < 4.78 is 17.7. The first kappa shape index (κ1) is 27.6. The maximum Gasteiger partial charge on any atom is 0.309 e. The zero-order valence-corrected chi connectivity index (χ0v) is 24.3. The number of nitrogens with zero attached hydrogens (tertiary/aromatic N) is 5. The van der Waals surface area contributed by atoms with Gasteiger partial charge in [-0.3, -0.25) is 9.78 Å². The van der Waals surface area contributed by atoms with Crippen molar-refractivity contribution >= 4 is 28.6 Å². The molecule has 0 spiro atoms. The average molecular weight is 561 g/mol. The van der Waals surface area contributed by atoms with Gasteiger partial charge in [0.1, 0.15) is 16.9 Å². The lowest BCUT2D eigenvalue weighted by Gasteiger charge is -2.31. The van der Waals surface area contributed by atoms with Crippen molar-refractivity contribution in [1.29, 1.82) is 0 Å². The molecule has 1 saturated carbocycles. The van der Waals surface area contributed by atoms with E-state index in [1.165, 1.54) is 0 Å². The van der Waals surface area contributed by atoms with Crippen LogP contribution in [0, 0.1) is 5.92 Å². The normalized spacial score (nSPS) is 23.1. The number of fused-ring (bicyclic) bond motifs is 2. The number of rotatable bonds is 6. The van der Waals surface area contributed by atoms with E-state index in [-0.39, 0.29) is 24.0 Å². The number of nitrogens with one attached hydrogen (secondary N) is 1.